The van der Waals surface area contributed by atoms with E-state index in [1.54, 1.807) is 17.9 Å². The topological polar surface area (TPSA) is 64.2 Å². The quantitative estimate of drug-likeness (QED) is 0.232. The zero-order valence-electron chi connectivity index (χ0n) is 21.3. The standard InChI is InChI=1S/C31H26ClFN4O2/c1-20-28(30(35-39-20)29-24(32)13-8-14-25(29)33)31(38)36-17-15-23(16-18-36)37-27(22-11-6-3-7-12-22)19-26(34-37)21-9-4-2-5-10-21/h2-14,19,23H,15-18H2,1H3. The third-order valence-electron chi connectivity index (χ3n) is 7.25. The molecule has 1 aliphatic heterocycles. The number of carbonyl (C=O) groups excluding carboxylic acids is 1. The summed E-state index contributed by atoms with van der Waals surface area (Å²) in [6.07, 6.45) is 1.45. The molecule has 3 aromatic carbocycles. The summed E-state index contributed by atoms with van der Waals surface area (Å²) < 4.78 is 22.1. The van der Waals surface area contributed by atoms with Crippen molar-refractivity contribution in [3.63, 3.8) is 0 Å². The van der Waals surface area contributed by atoms with Crippen molar-refractivity contribution in [2.45, 2.75) is 25.8 Å². The van der Waals surface area contributed by atoms with E-state index in [1.807, 2.05) is 36.4 Å². The fourth-order valence-electron chi connectivity index (χ4n) is 5.24. The number of nitrogens with zero attached hydrogens (tertiary/aromatic N) is 4. The first-order chi connectivity index (χ1) is 19.0. The number of piperidine rings is 1. The van der Waals surface area contributed by atoms with Crippen LogP contribution >= 0.6 is 11.6 Å². The molecule has 6 rings (SSSR count). The Labute approximate surface area is 230 Å². The van der Waals surface area contributed by atoms with Crippen LogP contribution < -0.4 is 0 Å². The van der Waals surface area contributed by atoms with Gasteiger partial charge < -0.3 is 9.42 Å². The molecule has 196 valence electrons. The van der Waals surface area contributed by atoms with E-state index in [0.29, 0.717) is 18.8 Å². The summed E-state index contributed by atoms with van der Waals surface area (Å²) in [5.41, 5.74) is 4.57. The Hall–Kier alpha value is -4.23. The average molecular weight is 541 g/mol. The zero-order chi connectivity index (χ0) is 26.9. The first-order valence-corrected chi connectivity index (χ1v) is 13.3. The van der Waals surface area contributed by atoms with E-state index in [1.165, 1.54) is 12.1 Å². The molecule has 1 amide bonds. The number of benzene rings is 3. The molecule has 8 heteroatoms. The number of amides is 1. The minimum atomic E-state index is -0.551. The molecular formula is C31H26ClFN4O2. The van der Waals surface area contributed by atoms with Crippen LogP contribution in [0.15, 0.2) is 89.5 Å². The molecule has 3 heterocycles. The molecule has 0 saturated carbocycles. The summed E-state index contributed by atoms with van der Waals surface area (Å²) in [5, 5.41) is 9.20. The predicted octanol–water partition coefficient (Wildman–Crippen LogP) is 7.45. The molecule has 0 bridgehead atoms. The van der Waals surface area contributed by atoms with Crippen LogP contribution in [-0.2, 0) is 0 Å². The summed E-state index contributed by atoms with van der Waals surface area (Å²) in [7, 11) is 0. The van der Waals surface area contributed by atoms with Crippen molar-refractivity contribution in [3.8, 4) is 33.8 Å². The normalized spacial score (nSPS) is 14.1. The van der Waals surface area contributed by atoms with Gasteiger partial charge in [-0.05, 0) is 43.5 Å². The van der Waals surface area contributed by atoms with Gasteiger partial charge in [-0.25, -0.2) is 4.39 Å². The smallest absolute Gasteiger partial charge is 0.259 e. The lowest BCUT2D eigenvalue weighted by Gasteiger charge is -2.33. The Morgan fingerprint density at radius 3 is 2.28 bits per heavy atom. The second-order valence-electron chi connectivity index (χ2n) is 9.67. The molecule has 1 saturated heterocycles. The van der Waals surface area contributed by atoms with Gasteiger partial charge in [0.05, 0.1) is 28.0 Å². The molecule has 6 nitrogen and oxygen atoms in total. The highest BCUT2D eigenvalue weighted by molar-refractivity contribution is 6.33. The van der Waals surface area contributed by atoms with Crippen molar-refractivity contribution in [2.24, 2.45) is 0 Å². The van der Waals surface area contributed by atoms with Crippen LogP contribution in [-0.4, -0.2) is 38.8 Å². The fraction of sp³-hybridized carbons (Fsp3) is 0.194. The number of hydrogen-bond acceptors (Lipinski definition) is 4. The molecule has 2 aromatic heterocycles. The number of halogens is 2. The van der Waals surface area contributed by atoms with Crippen molar-refractivity contribution in [3.05, 3.63) is 107 Å². The van der Waals surface area contributed by atoms with Gasteiger partial charge in [0.25, 0.3) is 5.91 Å². The van der Waals surface area contributed by atoms with E-state index in [9.17, 15) is 9.18 Å². The highest BCUT2D eigenvalue weighted by atomic mass is 35.5. The second-order valence-corrected chi connectivity index (χ2v) is 10.1. The van der Waals surface area contributed by atoms with Gasteiger partial charge in [-0.15, -0.1) is 0 Å². The van der Waals surface area contributed by atoms with E-state index in [4.69, 9.17) is 21.2 Å². The van der Waals surface area contributed by atoms with Gasteiger partial charge >= 0.3 is 0 Å². The van der Waals surface area contributed by atoms with Gasteiger partial charge in [-0.3, -0.25) is 9.48 Å². The third kappa shape index (κ3) is 4.74. The Balaban J connectivity index is 1.27. The lowest BCUT2D eigenvalue weighted by Crippen LogP contribution is -2.39. The summed E-state index contributed by atoms with van der Waals surface area (Å²) in [6, 6.07) is 27.0. The van der Waals surface area contributed by atoms with Crippen LogP contribution in [0.5, 0.6) is 0 Å². The molecule has 0 spiro atoms. The molecule has 0 N–H and O–H groups in total. The monoisotopic (exact) mass is 540 g/mol. The SMILES string of the molecule is Cc1onc(-c2c(F)cccc2Cl)c1C(=O)N1CCC(n2nc(-c3ccccc3)cc2-c2ccccc2)CC1. The number of aromatic nitrogens is 3. The maximum Gasteiger partial charge on any atom is 0.259 e. The van der Waals surface area contributed by atoms with Crippen LogP contribution in [0.25, 0.3) is 33.8 Å². The lowest BCUT2D eigenvalue weighted by atomic mass is 10.0. The van der Waals surface area contributed by atoms with E-state index < -0.39 is 5.82 Å². The maximum absolute atomic E-state index is 14.7. The van der Waals surface area contributed by atoms with Crippen LogP contribution in [0.2, 0.25) is 5.02 Å². The molecule has 0 radical (unpaired) electrons. The van der Waals surface area contributed by atoms with E-state index in [2.05, 4.69) is 40.2 Å². The van der Waals surface area contributed by atoms with Gasteiger partial charge in [0.15, 0.2) is 0 Å². The van der Waals surface area contributed by atoms with Crippen LogP contribution in [0.3, 0.4) is 0 Å². The third-order valence-corrected chi connectivity index (χ3v) is 7.56. The van der Waals surface area contributed by atoms with Crippen molar-refractivity contribution in [1.82, 2.24) is 19.8 Å². The van der Waals surface area contributed by atoms with E-state index >= 15 is 0 Å². The Morgan fingerprint density at radius 1 is 0.949 bits per heavy atom. The summed E-state index contributed by atoms with van der Waals surface area (Å²) in [4.78, 5) is 15.4. The first-order valence-electron chi connectivity index (χ1n) is 12.9. The van der Waals surface area contributed by atoms with Crippen molar-refractivity contribution < 1.29 is 13.7 Å². The van der Waals surface area contributed by atoms with E-state index in [-0.39, 0.29) is 33.8 Å². The number of likely N-dealkylation sites (tertiary alicyclic amines) is 1. The molecule has 0 aliphatic carbocycles. The second kappa shape index (κ2) is 10.5. The van der Waals surface area contributed by atoms with Crippen molar-refractivity contribution >= 4 is 17.5 Å². The average Bonchev–Trinajstić information content (AvgIpc) is 3.58. The zero-order valence-corrected chi connectivity index (χ0v) is 22.1. The summed E-state index contributed by atoms with van der Waals surface area (Å²) in [6.45, 7) is 2.70. The Morgan fingerprint density at radius 2 is 1.62 bits per heavy atom. The van der Waals surface area contributed by atoms with Crippen LogP contribution in [0, 0.1) is 12.7 Å². The number of rotatable bonds is 5. The summed E-state index contributed by atoms with van der Waals surface area (Å²) >= 11 is 6.28. The fourth-order valence-corrected chi connectivity index (χ4v) is 5.49. The summed E-state index contributed by atoms with van der Waals surface area (Å²) in [5.74, 6) is -0.456. The minimum Gasteiger partial charge on any atom is -0.360 e. The molecule has 0 unspecified atom stereocenters. The molecule has 39 heavy (non-hydrogen) atoms. The van der Waals surface area contributed by atoms with E-state index in [0.717, 1.165) is 35.4 Å². The molecule has 0 atom stereocenters. The number of aryl methyl sites for hydroxylation is 1. The lowest BCUT2D eigenvalue weighted by molar-refractivity contribution is 0.0689. The highest BCUT2D eigenvalue weighted by Crippen LogP contribution is 2.36. The van der Waals surface area contributed by atoms with Gasteiger partial charge in [0.1, 0.15) is 22.8 Å². The van der Waals surface area contributed by atoms with Crippen molar-refractivity contribution in [1.29, 1.82) is 0 Å². The number of hydrogen-bond donors (Lipinski definition) is 0. The molecular weight excluding hydrogens is 515 g/mol. The van der Waals surface area contributed by atoms with Crippen LogP contribution in [0.1, 0.15) is 35.0 Å². The van der Waals surface area contributed by atoms with Gasteiger partial charge in [-0.2, -0.15) is 5.10 Å². The largest absolute Gasteiger partial charge is 0.360 e. The van der Waals surface area contributed by atoms with Gasteiger partial charge in [-0.1, -0.05) is 83.5 Å². The highest BCUT2D eigenvalue weighted by Gasteiger charge is 2.32. The Bertz CT molecular complexity index is 1600. The molecule has 5 aromatic rings. The molecule has 1 aliphatic rings. The van der Waals surface area contributed by atoms with Gasteiger partial charge in [0, 0.05) is 18.7 Å². The van der Waals surface area contributed by atoms with Gasteiger partial charge in [0.2, 0.25) is 0 Å². The van der Waals surface area contributed by atoms with Crippen LogP contribution in [0.4, 0.5) is 4.39 Å². The predicted molar refractivity (Wildman–Crippen MR) is 149 cm³/mol. The Kier molecular flexibility index (Phi) is 6.75. The minimum absolute atomic E-state index is 0.0757. The first kappa shape index (κ1) is 25.1. The van der Waals surface area contributed by atoms with Crippen molar-refractivity contribution in [2.75, 3.05) is 13.1 Å². The maximum atomic E-state index is 14.7. The number of carbonyl (C=O) groups is 1. The molecule has 1 fully saturated rings.